The number of para-hydroxylation sites is 2. The molecule has 178 valence electrons. The molecule has 3 heterocycles. The number of fused-ring (bicyclic) bond motifs is 4. The highest BCUT2D eigenvalue weighted by molar-refractivity contribution is 6.24. The van der Waals surface area contributed by atoms with Crippen LogP contribution in [0.1, 0.15) is 33.2 Å². The summed E-state index contributed by atoms with van der Waals surface area (Å²) in [5.41, 5.74) is 4.39. The van der Waals surface area contributed by atoms with E-state index in [4.69, 9.17) is 0 Å². The first-order chi connectivity index (χ1) is 17.6. The van der Waals surface area contributed by atoms with Gasteiger partial charge in [0.2, 0.25) is 0 Å². The molecule has 1 saturated heterocycles. The number of aromatic amines is 1. The van der Waals surface area contributed by atoms with E-state index >= 15 is 0 Å². The third kappa shape index (κ3) is 3.24. The first kappa shape index (κ1) is 21.9. The molecule has 2 aliphatic heterocycles. The summed E-state index contributed by atoms with van der Waals surface area (Å²) >= 11 is 0. The summed E-state index contributed by atoms with van der Waals surface area (Å²) in [5, 5.41) is 3.80. The molecule has 3 aromatic carbocycles. The van der Waals surface area contributed by atoms with Crippen molar-refractivity contribution in [2.24, 2.45) is 0 Å². The molecule has 0 bridgehead atoms. The molecule has 0 spiro atoms. The van der Waals surface area contributed by atoms with Gasteiger partial charge >= 0.3 is 6.03 Å². The van der Waals surface area contributed by atoms with Crippen molar-refractivity contribution < 1.29 is 14.4 Å². The standard InChI is InChI=1S/C29H24N4O3/c1-2-16-30-27(34)20-13-7-9-15-23(20)33-28(35)24-17-21-19-12-6-8-14-22(19)31-25(21)26(32(24)29(33)36)18-10-4-3-5-11-18/h2-15,24,26,31H,1,16-17H2,(H,30,34)/t24-,26?/m0/s1. The molecule has 2 atom stereocenters. The number of anilines is 1. The van der Waals surface area contributed by atoms with Crippen LogP contribution >= 0.6 is 0 Å². The second-order valence-electron chi connectivity index (χ2n) is 8.98. The molecule has 1 unspecified atom stereocenters. The van der Waals surface area contributed by atoms with E-state index in [9.17, 15) is 14.4 Å². The van der Waals surface area contributed by atoms with Crippen LogP contribution in [0.4, 0.5) is 10.5 Å². The molecule has 2 N–H and O–H groups in total. The Balaban J connectivity index is 1.49. The van der Waals surface area contributed by atoms with Crippen LogP contribution in [0.15, 0.2) is 91.5 Å². The second-order valence-corrected chi connectivity index (χ2v) is 8.98. The predicted octanol–water partition coefficient (Wildman–Crippen LogP) is 4.57. The van der Waals surface area contributed by atoms with Gasteiger partial charge in [0.1, 0.15) is 12.1 Å². The number of aromatic nitrogens is 1. The van der Waals surface area contributed by atoms with E-state index in [1.807, 2.05) is 54.6 Å². The number of imide groups is 1. The Morgan fingerprint density at radius 2 is 1.72 bits per heavy atom. The van der Waals surface area contributed by atoms with Crippen molar-refractivity contribution in [1.29, 1.82) is 0 Å². The van der Waals surface area contributed by atoms with Crippen LogP contribution in [-0.4, -0.2) is 40.3 Å². The summed E-state index contributed by atoms with van der Waals surface area (Å²) in [4.78, 5) is 47.1. The zero-order valence-corrected chi connectivity index (χ0v) is 19.5. The van der Waals surface area contributed by atoms with Crippen LogP contribution in [0, 0.1) is 0 Å². The van der Waals surface area contributed by atoms with Crippen LogP contribution in [-0.2, 0) is 11.2 Å². The number of benzene rings is 3. The van der Waals surface area contributed by atoms with Gasteiger partial charge in [-0.05, 0) is 29.3 Å². The van der Waals surface area contributed by atoms with Gasteiger partial charge in [-0.25, -0.2) is 9.69 Å². The molecule has 36 heavy (non-hydrogen) atoms. The van der Waals surface area contributed by atoms with Crippen LogP contribution in [0.2, 0.25) is 0 Å². The number of carbonyl (C=O) groups excluding carboxylic acids is 3. The van der Waals surface area contributed by atoms with Gasteiger partial charge in [0, 0.05) is 29.6 Å². The summed E-state index contributed by atoms with van der Waals surface area (Å²) in [6.07, 6.45) is 1.98. The number of amides is 4. The molecule has 4 aromatic rings. The Labute approximate surface area is 208 Å². The van der Waals surface area contributed by atoms with Crippen molar-refractivity contribution >= 4 is 34.4 Å². The van der Waals surface area contributed by atoms with Crippen molar-refractivity contribution in [3.63, 3.8) is 0 Å². The van der Waals surface area contributed by atoms with E-state index in [0.717, 1.165) is 32.6 Å². The highest BCUT2D eigenvalue weighted by atomic mass is 16.2. The van der Waals surface area contributed by atoms with Gasteiger partial charge in [-0.3, -0.25) is 14.5 Å². The van der Waals surface area contributed by atoms with Crippen molar-refractivity contribution in [3.8, 4) is 0 Å². The van der Waals surface area contributed by atoms with Crippen molar-refractivity contribution in [2.45, 2.75) is 18.5 Å². The summed E-state index contributed by atoms with van der Waals surface area (Å²) in [7, 11) is 0. The molecule has 7 heteroatoms. The lowest BCUT2D eigenvalue weighted by Crippen LogP contribution is -2.44. The number of H-pyrrole nitrogens is 1. The highest BCUT2D eigenvalue weighted by Gasteiger charge is 2.53. The van der Waals surface area contributed by atoms with Gasteiger partial charge < -0.3 is 10.3 Å². The molecular weight excluding hydrogens is 452 g/mol. The second kappa shape index (κ2) is 8.53. The number of nitrogens with one attached hydrogen (secondary N) is 2. The number of nitrogens with zero attached hydrogens (tertiary/aromatic N) is 2. The predicted molar refractivity (Wildman–Crippen MR) is 138 cm³/mol. The summed E-state index contributed by atoms with van der Waals surface area (Å²) in [5.74, 6) is -0.701. The maximum Gasteiger partial charge on any atom is 0.332 e. The van der Waals surface area contributed by atoms with Crippen LogP contribution in [0.25, 0.3) is 10.9 Å². The lowest BCUT2D eigenvalue weighted by atomic mass is 9.89. The Morgan fingerprint density at radius 3 is 2.53 bits per heavy atom. The molecule has 1 aromatic heterocycles. The normalized spacial score (nSPS) is 18.8. The van der Waals surface area contributed by atoms with Gasteiger partial charge in [-0.1, -0.05) is 66.7 Å². The summed E-state index contributed by atoms with van der Waals surface area (Å²) in [6.45, 7) is 3.91. The summed E-state index contributed by atoms with van der Waals surface area (Å²) in [6, 6.07) is 22.9. The smallest absolute Gasteiger partial charge is 0.332 e. The lowest BCUT2D eigenvalue weighted by molar-refractivity contribution is -0.120. The van der Waals surface area contributed by atoms with Crippen molar-refractivity contribution in [3.05, 3.63) is 114 Å². The van der Waals surface area contributed by atoms with Crippen LogP contribution in [0.3, 0.4) is 0 Å². The molecule has 6 rings (SSSR count). The number of hydrogen-bond donors (Lipinski definition) is 2. The average Bonchev–Trinajstić information content (AvgIpc) is 3.41. The number of urea groups is 1. The Kier molecular flexibility index (Phi) is 5.18. The number of hydrogen-bond acceptors (Lipinski definition) is 3. The first-order valence-electron chi connectivity index (χ1n) is 11.9. The Morgan fingerprint density at radius 1 is 1.00 bits per heavy atom. The fourth-order valence-electron chi connectivity index (χ4n) is 5.40. The maximum atomic E-state index is 14.0. The average molecular weight is 477 g/mol. The summed E-state index contributed by atoms with van der Waals surface area (Å²) < 4.78 is 0. The van der Waals surface area contributed by atoms with E-state index in [0.29, 0.717) is 6.42 Å². The first-order valence-corrected chi connectivity index (χ1v) is 11.9. The topological polar surface area (TPSA) is 85.5 Å². The zero-order chi connectivity index (χ0) is 24.8. The highest BCUT2D eigenvalue weighted by Crippen LogP contribution is 2.45. The minimum Gasteiger partial charge on any atom is -0.356 e. The Bertz CT molecular complexity index is 1520. The van der Waals surface area contributed by atoms with Crippen molar-refractivity contribution in [2.75, 3.05) is 11.4 Å². The number of carbonyl (C=O) groups is 3. The minimum atomic E-state index is -0.682. The quantitative estimate of drug-likeness (QED) is 0.327. The SMILES string of the molecule is C=CCNC(=O)c1ccccc1N1C(=O)[C@@H]2Cc3c([nH]c4ccccc34)C(c3ccccc3)N2C1=O. The Hall–Kier alpha value is -4.65. The third-order valence-corrected chi connectivity index (χ3v) is 6.96. The van der Waals surface area contributed by atoms with Gasteiger partial charge in [-0.15, -0.1) is 6.58 Å². The van der Waals surface area contributed by atoms with Gasteiger partial charge in [0.15, 0.2) is 0 Å². The zero-order valence-electron chi connectivity index (χ0n) is 19.5. The number of rotatable bonds is 5. The van der Waals surface area contributed by atoms with E-state index in [1.165, 1.54) is 0 Å². The van der Waals surface area contributed by atoms with E-state index in [-0.39, 0.29) is 29.6 Å². The minimum absolute atomic E-state index is 0.265. The monoisotopic (exact) mass is 476 g/mol. The van der Waals surface area contributed by atoms with E-state index in [1.54, 1.807) is 35.2 Å². The molecular formula is C29H24N4O3. The third-order valence-electron chi connectivity index (χ3n) is 6.96. The molecule has 2 aliphatic rings. The molecule has 7 nitrogen and oxygen atoms in total. The fraction of sp³-hybridized carbons (Fsp3) is 0.138. The van der Waals surface area contributed by atoms with E-state index < -0.39 is 18.1 Å². The molecule has 0 aliphatic carbocycles. The largest absolute Gasteiger partial charge is 0.356 e. The van der Waals surface area contributed by atoms with Gasteiger partial charge in [-0.2, -0.15) is 0 Å². The fourth-order valence-corrected chi connectivity index (χ4v) is 5.40. The molecule has 0 radical (unpaired) electrons. The molecule has 4 amide bonds. The van der Waals surface area contributed by atoms with Crippen LogP contribution in [0.5, 0.6) is 0 Å². The van der Waals surface area contributed by atoms with Crippen LogP contribution < -0.4 is 10.2 Å². The van der Waals surface area contributed by atoms with Gasteiger partial charge in [0.05, 0.1) is 11.3 Å². The molecule has 1 fully saturated rings. The van der Waals surface area contributed by atoms with Gasteiger partial charge in [0.25, 0.3) is 11.8 Å². The van der Waals surface area contributed by atoms with Crippen molar-refractivity contribution in [1.82, 2.24) is 15.2 Å². The lowest BCUT2D eigenvalue weighted by Gasteiger charge is -2.36. The molecule has 0 saturated carbocycles. The van der Waals surface area contributed by atoms with E-state index in [2.05, 4.69) is 16.9 Å². The maximum absolute atomic E-state index is 14.0.